The summed E-state index contributed by atoms with van der Waals surface area (Å²) in [7, 11) is 0. The minimum absolute atomic E-state index is 0.0591. The van der Waals surface area contributed by atoms with Gasteiger partial charge in [0, 0.05) is 19.5 Å². The number of carbonyl (C=O) groups excluding carboxylic acids is 1. The largest absolute Gasteiger partial charge is 0.481 e. The molecule has 0 saturated heterocycles. The highest BCUT2D eigenvalue weighted by molar-refractivity contribution is 5.86. The number of rotatable bonds is 6. The van der Waals surface area contributed by atoms with Gasteiger partial charge in [0.1, 0.15) is 0 Å². The van der Waals surface area contributed by atoms with Crippen molar-refractivity contribution in [2.45, 2.75) is 19.4 Å². The number of carboxylic acids is 1. The molecule has 0 saturated carbocycles. The summed E-state index contributed by atoms with van der Waals surface area (Å²) in [6.07, 6.45) is 0.487. The zero-order valence-electron chi connectivity index (χ0n) is 11.6. The van der Waals surface area contributed by atoms with Crippen molar-refractivity contribution < 1.29 is 14.7 Å². The number of carbonyl (C=O) groups is 2. The van der Waals surface area contributed by atoms with Gasteiger partial charge >= 0.3 is 12.0 Å². The number of fused-ring (bicyclic) bond motifs is 1. The molecule has 0 aliphatic carbocycles. The number of urea groups is 1. The van der Waals surface area contributed by atoms with Gasteiger partial charge in [-0.15, -0.1) is 0 Å². The lowest BCUT2D eigenvalue weighted by molar-refractivity contribution is -0.137. The lowest BCUT2D eigenvalue weighted by Crippen LogP contribution is -2.35. The number of benzene rings is 2. The highest BCUT2D eigenvalue weighted by atomic mass is 16.4. The van der Waals surface area contributed by atoms with Gasteiger partial charge in [0.2, 0.25) is 0 Å². The Morgan fingerprint density at radius 3 is 2.57 bits per heavy atom. The first kappa shape index (κ1) is 14.8. The zero-order valence-corrected chi connectivity index (χ0v) is 11.6. The van der Waals surface area contributed by atoms with Crippen molar-refractivity contribution in [3.63, 3.8) is 0 Å². The van der Waals surface area contributed by atoms with Gasteiger partial charge in [0.15, 0.2) is 0 Å². The Hall–Kier alpha value is -2.56. The SMILES string of the molecule is O=C(O)CCCNC(=O)NCc1cccc2ccccc12. The minimum Gasteiger partial charge on any atom is -0.481 e. The van der Waals surface area contributed by atoms with Crippen molar-refractivity contribution in [3.05, 3.63) is 48.0 Å². The maximum Gasteiger partial charge on any atom is 0.315 e. The maximum absolute atomic E-state index is 11.6. The van der Waals surface area contributed by atoms with Crippen molar-refractivity contribution >= 4 is 22.8 Å². The summed E-state index contributed by atoms with van der Waals surface area (Å²) in [4.78, 5) is 22.0. The van der Waals surface area contributed by atoms with Gasteiger partial charge in [-0.1, -0.05) is 42.5 Å². The Balaban J connectivity index is 1.84. The molecule has 3 N–H and O–H groups in total. The van der Waals surface area contributed by atoms with Gasteiger partial charge < -0.3 is 15.7 Å². The molecular weight excluding hydrogens is 268 g/mol. The molecule has 0 aliphatic rings. The van der Waals surface area contributed by atoms with E-state index in [4.69, 9.17) is 5.11 Å². The second kappa shape index (κ2) is 7.28. The fourth-order valence-electron chi connectivity index (χ4n) is 2.13. The summed E-state index contributed by atoms with van der Waals surface area (Å²) in [6, 6.07) is 13.7. The number of amides is 2. The van der Waals surface area contributed by atoms with E-state index in [2.05, 4.69) is 10.6 Å². The van der Waals surface area contributed by atoms with Crippen LogP contribution in [-0.4, -0.2) is 23.7 Å². The molecule has 2 aromatic rings. The molecule has 5 heteroatoms. The predicted octanol–water partition coefficient (Wildman–Crippen LogP) is 2.50. The molecule has 0 heterocycles. The number of nitrogens with one attached hydrogen (secondary N) is 2. The predicted molar refractivity (Wildman–Crippen MR) is 81.1 cm³/mol. The van der Waals surface area contributed by atoms with Crippen LogP contribution in [0.1, 0.15) is 18.4 Å². The number of hydrogen-bond donors (Lipinski definition) is 3. The summed E-state index contributed by atoms with van der Waals surface area (Å²) in [6.45, 7) is 0.791. The van der Waals surface area contributed by atoms with Crippen LogP contribution in [0.25, 0.3) is 10.8 Å². The third kappa shape index (κ3) is 4.49. The van der Waals surface area contributed by atoms with Crippen LogP contribution < -0.4 is 10.6 Å². The average molecular weight is 286 g/mol. The van der Waals surface area contributed by atoms with Crippen LogP contribution in [0.15, 0.2) is 42.5 Å². The van der Waals surface area contributed by atoms with E-state index in [9.17, 15) is 9.59 Å². The Kier molecular flexibility index (Phi) is 5.15. The number of aliphatic carboxylic acids is 1. The topological polar surface area (TPSA) is 78.4 Å². The standard InChI is InChI=1S/C16H18N2O3/c19-15(20)9-4-10-17-16(21)18-11-13-7-3-6-12-5-1-2-8-14(12)13/h1-3,5-8H,4,9-11H2,(H,19,20)(H2,17,18,21). The first-order valence-corrected chi connectivity index (χ1v) is 6.87. The van der Waals surface area contributed by atoms with Crippen molar-refractivity contribution in [1.29, 1.82) is 0 Å². The molecule has 0 atom stereocenters. The number of carboxylic acid groups (broad SMARTS) is 1. The van der Waals surface area contributed by atoms with Crippen LogP contribution in [0.2, 0.25) is 0 Å². The van der Waals surface area contributed by atoms with Crippen molar-refractivity contribution in [2.24, 2.45) is 0 Å². The third-order valence-corrected chi connectivity index (χ3v) is 3.17. The Morgan fingerprint density at radius 1 is 1.00 bits per heavy atom. The van der Waals surface area contributed by atoms with E-state index in [0.29, 0.717) is 19.5 Å². The van der Waals surface area contributed by atoms with Crippen molar-refractivity contribution in [1.82, 2.24) is 10.6 Å². The van der Waals surface area contributed by atoms with Crippen molar-refractivity contribution in [2.75, 3.05) is 6.54 Å². The fraction of sp³-hybridized carbons (Fsp3) is 0.250. The summed E-state index contributed by atoms with van der Waals surface area (Å²) >= 11 is 0. The second-order valence-electron chi connectivity index (χ2n) is 4.75. The van der Waals surface area contributed by atoms with E-state index in [1.807, 2.05) is 42.5 Å². The van der Waals surface area contributed by atoms with Crippen LogP contribution in [0.5, 0.6) is 0 Å². The first-order chi connectivity index (χ1) is 10.2. The molecule has 0 fully saturated rings. The van der Waals surface area contributed by atoms with Crippen LogP contribution in [0, 0.1) is 0 Å². The minimum atomic E-state index is -0.854. The molecule has 0 aromatic heterocycles. The second-order valence-corrected chi connectivity index (χ2v) is 4.75. The lowest BCUT2D eigenvalue weighted by Gasteiger charge is -2.09. The van der Waals surface area contributed by atoms with Crippen LogP contribution in [-0.2, 0) is 11.3 Å². The molecule has 2 aromatic carbocycles. The van der Waals surface area contributed by atoms with Crippen molar-refractivity contribution in [3.8, 4) is 0 Å². The van der Waals surface area contributed by atoms with Gasteiger partial charge in [0.05, 0.1) is 0 Å². The van der Waals surface area contributed by atoms with Crippen LogP contribution in [0.4, 0.5) is 4.79 Å². The van der Waals surface area contributed by atoms with Gasteiger partial charge in [-0.05, 0) is 22.8 Å². The Bertz CT molecular complexity index is 635. The molecular formula is C16H18N2O3. The van der Waals surface area contributed by atoms with E-state index in [1.165, 1.54) is 0 Å². The molecule has 21 heavy (non-hydrogen) atoms. The Labute approximate surface area is 123 Å². The van der Waals surface area contributed by atoms with Gasteiger partial charge in [0.25, 0.3) is 0 Å². The summed E-state index contributed by atoms with van der Waals surface area (Å²) in [5, 5.41) is 16.2. The quantitative estimate of drug-likeness (QED) is 0.714. The first-order valence-electron chi connectivity index (χ1n) is 6.87. The van der Waals surface area contributed by atoms with E-state index in [-0.39, 0.29) is 12.5 Å². The molecule has 0 aliphatic heterocycles. The highest BCUT2D eigenvalue weighted by Crippen LogP contribution is 2.18. The van der Waals surface area contributed by atoms with Crippen LogP contribution >= 0.6 is 0 Å². The van der Waals surface area contributed by atoms with Gasteiger partial charge in [-0.25, -0.2) is 4.79 Å². The molecule has 2 amide bonds. The smallest absolute Gasteiger partial charge is 0.315 e. The van der Waals surface area contributed by atoms with E-state index in [1.54, 1.807) is 0 Å². The fourth-order valence-corrected chi connectivity index (χ4v) is 2.13. The summed E-state index contributed by atoms with van der Waals surface area (Å²) in [5.41, 5.74) is 1.05. The molecule has 0 radical (unpaired) electrons. The molecule has 2 rings (SSSR count). The third-order valence-electron chi connectivity index (χ3n) is 3.17. The maximum atomic E-state index is 11.6. The molecule has 0 bridgehead atoms. The summed E-state index contributed by atoms with van der Waals surface area (Å²) < 4.78 is 0. The highest BCUT2D eigenvalue weighted by Gasteiger charge is 2.04. The molecule has 110 valence electrons. The lowest BCUT2D eigenvalue weighted by atomic mass is 10.0. The average Bonchev–Trinajstić information content (AvgIpc) is 2.49. The molecule has 0 spiro atoms. The van der Waals surface area contributed by atoms with Gasteiger partial charge in [-0.3, -0.25) is 4.79 Å². The molecule has 0 unspecified atom stereocenters. The Morgan fingerprint density at radius 2 is 1.76 bits per heavy atom. The van der Waals surface area contributed by atoms with E-state index in [0.717, 1.165) is 16.3 Å². The monoisotopic (exact) mass is 286 g/mol. The zero-order chi connectivity index (χ0) is 15.1. The number of hydrogen-bond acceptors (Lipinski definition) is 2. The van der Waals surface area contributed by atoms with Crippen LogP contribution in [0.3, 0.4) is 0 Å². The molecule has 5 nitrogen and oxygen atoms in total. The normalized spacial score (nSPS) is 10.3. The summed E-state index contributed by atoms with van der Waals surface area (Å²) in [5.74, 6) is -0.854. The van der Waals surface area contributed by atoms with Gasteiger partial charge in [-0.2, -0.15) is 0 Å². The van der Waals surface area contributed by atoms with E-state index < -0.39 is 5.97 Å². The van der Waals surface area contributed by atoms with E-state index >= 15 is 0 Å².